The Morgan fingerprint density at radius 3 is 2.65 bits per heavy atom. The highest BCUT2D eigenvalue weighted by Crippen LogP contribution is 2.24. The lowest BCUT2D eigenvalue weighted by Gasteiger charge is -2.15. The van der Waals surface area contributed by atoms with Crippen molar-refractivity contribution in [1.82, 2.24) is 19.8 Å². The lowest BCUT2D eigenvalue weighted by molar-refractivity contribution is 0.303. The van der Waals surface area contributed by atoms with Crippen LogP contribution in [-0.4, -0.2) is 19.8 Å². The van der Waals surface area contributed by atoms with Crippen molar-refractivity contribution in [1.29, 1.82) is 0 Å². The van der Waals surface area contributed by atoms with Crippen molar-refractivity contribution in [2.45, 2.75) is 27.4 Å². The molecule has 0 aliphatic rings. The van der Waals surface area contributed by atoms with Crippen LogP contribution in [0.4, 0.5) is 0 Å². The van der Waals surface area contributed by atoms with E-state index in [9.17, 15) is 4.79 Å². The van der Waals surface area contributed by atoms with Crippen molar-refractivity contribution in [3.63, 3.8) is 0 Å². The Hall–Kier alpha value is -3.15. The van der Waals surface area contributed by atoms with Crippen LogP contribution in [0.1, 0.15) is 29.2 Å². The van der Waals surface area contributed by atoms with Gasteiger partial charge in [-0.2, -0.15) is 9.36 Å². The zero-order valence-electron chi connectivity index (χ0n) is 15.4. The number of benzene rings is 2. The van der Waals surface area contributed by atoms with Crippen molar-refractivity contribution in [3.05, 3.63) is 75.2 Å². The molecule has 0 N–H and O–H groups in total. The molecule has 134 valence electrons. The zero-order valence-corrected chi connectivity index (χ0v) is 15.4. The molecule has 0 aliphatic heterocycles. The minimum atomic E-state index is -0.296. The van der Waals surface area contributed by atoms with Gasteiger partial charge in [-0.1, -0.05) is 36.4 Å². The van der Waals surface area contributed by atoms with E-state index in [2.05, 4.69) is 16.5 Å². The van der Waals surface area contributed by atoms with Gasteiger partial charge in [0.05, 0.1) is 5.69 Å². The molecule has 0 radical (unpaired) electrons. The van der Waals surface area contributed by atoms with Gasteiger partial charge in [-0.15, -0.1) is 0 Å². The van der Waals surface area contributed by atoms with Crippen molar-refractivity contribution in [3.8, 4) is 11.4 Å². The maximum absolute atomic E-state index is 12.3. The average molecular weight is 350 g/mol. The molecule has 1 aromatic heterocycles. The second-order valence-electron chi connectivity index (χ2n) is 6.20. The zero-order chi connectivity index (χ0) is 18.7. The van der Waals surface area contributed by atoms with Crippen LogP contribution in [0, 0.1) is 13.8 Å². The van der Waals surface area contributed by atoms with Gasteiger partial charge in [0.2, 0.25) is 0 Å². The third-order valence-electron chi connectivity index (χ3n) is 4.20. The number of rotatable bonds is 5. The summed E-state index contributed by atoms with van der Waals surface area (Å²) < 4.78 is 8.60. The summed E-state index contributed by atoms with van der Waals surface area (Å²) in [5.41, 5.74) is 4.44. The first-order chi connectivity index (χ1) is 12.5. The smallest absolute Gasteiger partial charge is 0.368 e. The molecule has 3 rings (SSSR count). The normalized spacial score (nSPS) is 11.2. The minimum absolute atomic E-state index is 0.296. The molecule has 0 atom stereocenters. The van der Waals surface area contributed by atoms with Crippen LogP contribution in [0.3, 0.4) is 0 Å². The molecular formula is C20H22N4O2. The number of aryl methyl sites for hydroxylation is 3. The quantitative estimate of drug-likeness (QED) is 0.709. The van der Waals surface area contributed by atoms with Crippen LogP contribution in [0.2, 0.25) is 0 Å². The maximum atomic E-state index is 12.3. The van der Waals surface area contributed by atoms with E-state index in [0.29, 0.717) is 12.3 Å². The Morgan fingerprint density at radius 1 is 1.15 bits per heavy atom. The molecule has 0 saturated heterocycles. The highest BCUT2D eigenvalue weighted by atomic mass is 16.5. The summed E-state index contributed by atoms with van der Waals surface area (Å²) in [6.07, 6.45) is 3.95. The Balaban J connectivity index is 2.05. The number of tetrazole rings is 1. The Labute approximate surface area is 152 Å². The average Bonchev–Trinajstić information content (AvgIpc) is 2.95. The number of hydrogen-bond acceptors (Lipinski definition) is 4. The fraction of sp³-hybridized carbons (Fsp3) is 0.250. The minimum Gasteiger partial charge on any atom is -0.489 e. The van der Waals surface area contributed by atoms with E-state index < -0.39 is 0 Å². The third-order valence-corrected chi connectivity index (χ3v) is 4.20. The van der Waals surface area contributed by atoms with Crippen molar-refractivity contribution in [2.24, 2.45) is 7.05 Å². The van der Waals surface area contributed by atoms with Crippen LogP contribution in [0.25, 0.3) is 11.8 Å². The first kappa shape index (κ1) is 17.7. The number of allylic oxidation sites excluding steroid dienone is 1. The molecule has 6 heteroatoms. The Morgan fingerprint density at radius 2 is 1.96 bits per heavy atom. The van der Waals surface area contributed by atoms with Crippen LogP contribution < -0.4 is 10.4 Å². The first-order valence-corrected chi connectivity index (χ1v) is 8.45. The molecule has 0 saturated carbocycles. The fourth-order valence-electron chi connectivity index (χ4n) is 2.76. The highest BCUT2D eigenvalue weighted by Gasteiger charge is 2.14. The van der Waals surface area contributed by atoms with Gasteiger partial charge in [0.1, 0.15) is 12.4 Å². The predicted octanol–water partition coefficient (Wildman–Crippen LogP) is 3.19. The summed E-state index contributed by atoms with van der Waals surface area (Å²) in [5.74, 6) is 0.831. The predicted molar refractivity (Wildman–Crippen MR) is 102 cm³/mol. The van der Waals surface area contributed by atoms with Crippen molar-refractivity contribution < 1.29 is 4.74 Å². The highest BCUT2D eigenvalue weighted by molar-refractivity contribution is 5.59. The van der Waals surface area contributed by atoms with Gasteiger partial charge in [0.15, 0.2) is 0 Å². The van der Waals surface area contributed by atoms with Gasteiger partial charge < -0.3 is 4.74 Å². The molecule has 6 nitrogen and oxygen atoms in total. The molecule has 0 spiro atoms. The van der Waals surface area contributed by atoms with Crippen LogP contribution >= 0.6 is 0 Å². The third kappa shape index (κ3) is 3.44. The first-order valence-electron chi connectivity index (χ1n) is 8.45. The summed E-state index contributed by atoms with van der Waals surface area (Å²) in [7, 11) is 1.58. The van der Waals surface area contributed by atoms with E-state index in [1.54, 1.807) is 7.05 Å². The molecule has 0 aliphatic carbocycles. The monoisotopic (exact) mass is 350 g/mol. The van der Waals surface area contributed by atoms with Crippen molar-refractivity contribution >= 4 is 6.08 Å². The maximum Gasteiger partial charge on any atom is 0.368 e. The van der Waals surface area contributed by atoms with E-state index in [-0.39, 0.29) is 5.69 Å². The summed E-state index contributed by atoms with van der Waals surface area (Å²) in [6, 6.07) is 11.9. The van der Waals surface area contributed by atoms with Gasteiger partial charge in [0.25, 0.3) is 0 Å². The molecule has 0 amide bonds. The van der Waals surface area contributed by atoms with Crippen LogP contribution in [-0.2, 0) is 13.7 Å². The van der Waals surface area contributed by atoms with E-state index in [0.717, 1.165) is 28.0 Å². The number of hydrogen-bond donors (Lipinski definition) is 0. The van der Waals surface area contributed by atoms with Crippen LogP contribution in [0.15, 0.2) is 47.3 Å². The van der Waals surface area contributed by atoms with Gasteiger partial charge >= 0.3 is 5.69 Å². The SMILES string of the molecule is C/C=C/c1cccc(-n2nnn(C)c2=O)c1COc1cc(C)ccc1C. The number of nitrogens with zero attached hydrogens (tertiary/aromatic N) is 4. The Kier molecular flexibility index (Phi) is 5.02. The topological polar surface area (TPSA) is 61.9 Å². The summed E-state index contributed by atoms with van der Waals surface area (Å²) in [4.78, 5) is 12.3. The largest absolute Gasteiger partial charge is 0.489 e. The van der Waals surface area contributed by atoms with E-state index in [4.69, 9.17) is 4.74 Å². The summed E-state index contributed by atoms with van der Waals surface area (Å²) in [6.45, 7) is 6.32. The lowest BCUT2D eigenvalue weighted by atomic mass is 10.1. The molecule has 0 bridgehead atoms. The van der Waals surface area contributed by atoms with E-state index in [1.165, 1.54) is 9.36 Å². The number of ether oxygens (including phenoxy) is 1. The van der Waals surface area contributed by atoms with E-state index >= 15 is 0 Å². The van der Waals surface area contributed by atoms with Gasteiger partial charge in [-0.3, -0.25) is 0 Å². The van der Waals surface area contributed by atoms with Crippen LogP contribution in [0.5, 0.6) is 5.75 Å². The molecule has 3 aromatic rings. The second-order valence-corrected chi connectivity index (χ2v) is 6.20. The lowest BCUT2D eigenvalue weighted by Crippen LogP contribution is -2.23. The molecule has 0 unspecified atom stereocenters. The molecule has 1 heterocycles. The van der Waals surface area contributed by atoms with Crippen molar-refractivity contribution in [2.75, 3.05) is 0 Å². The number of aromatic nitrogens is 4. The standard InChI is InChI=1S/C20H22N4O2/c1-5-7-16-8-6-9-18(24-20(25)23(4)21-22-24)17(16)13-26-19-12-14(2)10-11-15(19)3/h5-12H,13H2,1-4H3/b7-5+. The summed E-state index contributed by atoms with van der Waals surface area (Å²) >= 11 is 0. The summed E-state index contributed by atoms with van der Waals surface area (Å²) in [5, 5.41) is 7.78. The fourth-order valence-corrected chi connectivity index (χ4v) is 2.76. The second kappa shape index (κ2) is 7.39. The van der Waals surface area contributed by atoms with Gasteiger partial charge in [-0.05, 0) is 60.0 Å². The van der Waals surface area contributed by atoms with E-state index in [1.807, 2.05) is 63.3 Å². The van der Waals surface area contributed by atoms with Gasteiger partial charge in [-0.25, -0.2) is 4.79 Å². The Bertz CT molecular complexity index is 1010. The molecule has 2 aromatic carbocycles. The molecular weight excluding hydrogens is 328 g/mol. The van der Waals surface area contributed by atoms with Gasteiger partial charge in [0, 0.05) is 12.6 Å². The molecule has 26 heavy (non-hydrogen) atoms. The molecule has 0 fully saturated rings.